The number of halogens is 2. The average molecular weight is 663 g/mol. The fraction of sp³-hybridized carbons (Fsp3) is 0.185. The number of amides is 1. The maximum atomic E-state index is 12.6. The minimum absolute atomic E-state index is 0.164. The van der Waals surface area contributed by atoms with E-state index in [0.717, 1.165) is 31.3 Å². The summed E-state index contributed by atoms with van der Waals surface area (Å²) in [6.07, 6.45) is 2.83. The summed E-state index contributed by atoms with van der Waals surface area (Å²) in [4.78, 5) is 17.7. The third kappa shape index (κ3) is 6.89. The third-order valence-electron chi connectivity index (χ3n) is 5.15. The summed E-state index contributed by atoms with van der Waals surface area (Å²) in [7, 11) is 0. The van der Waals surface area contributed by atoms with Gasteiger partial charge in [-0.2, -0.15) is 0 Å². The van der Waals surface area contributed by atoms with Crippen LogP contribution in [0.3, 0.4) is 0 Å². The van der Waals surface area contributed by atoms with Gasteiger partial charge >= 0.3 is 0 Å². The highest BCUT2D eigenvalue weighted by Crippen LogP contribution is 2.37. The second-order valence-electron chi connectivity index (χ2n) is 7.68. The Morgan fingerprint density at radius 3 is 2.43 bits per heavy atom. The molecule has 0 unspecified atom stereocenters. The zero-order chi connectivity index (χ0) is 24.8. The van der Waals surface area contributed by atoms with Gasteiger partial charge in [0.1, 0.15) is 6.61 Å². The van der Waals surface area contributed by atoms with Crippen molar-refractivity contribution in [2.24, 2.45) is 4.99 Å². The number of amidine groups is 1. The summed E-state index contributed by atoms with van der Waals surface area (Å²) in [6, 6.07) is 19.9. The molecule has 4 rings (SSSR count). The van der Waals surface area contributed by atoms with Crippen molar-refractivity contribution in [3.8, 4) is 11.5 Å². The molecule has 5 nitrogen and oxygen atoms in total. The molecule has 1 aliphatic heterocycles. The van der Waals surface area contributed by atoms with E-state index in [0.29, 0.717) is 34.8 Å². The molecule has 0 radical (unpaired) electrons. The van der Waals surface area contributed by atoms with Crippen molar-refractivity contribution in [2.75, 3.05) is 6.61 Å². The molecular formula is C27H24BrIN2O3S. The van der Waals surface area contributed by atoms with E-state index >= 15 is 0 Å². The van der Waals surface area contributed by atoms with Crippen LogP contribution in [0.25, 0.3) is 6.08 Å². The van der Waals surface area contributed by atoms with Crippen LogP contribution in [0.15, 0.2) is 75.0 Å². The van der Waals surface area contributed by atoms with E-state index in [-0.39, 0.29) is 5.91 Å². The van der Waals surface area contributed by atoms with Crippen molar-refractivity contribution in [1.82, 2.24) is 5.32 Å². The molecule has 3 aromatic rings. The molecule has 0 bridgehead atoms. The first-order valence-corrected chi connectivity index (χ1v) is 13.9. The van der Waals surface area contributed by atoms with Crippen LogP contribution in [-0.4, -0.2) is 17.7 Å². The van der Waals surface area contributed by atoms with Crippen LogP contribution in [0, 0.1) is 3.57 Å². The minimum Gasteiger partial charge on any atom is -0.490 e. The van der Waals surface area contributed by atoms with E-state index in [1.165, 1.54) is 17.3 Å². The van der Waals surface area contributed by atoms with Crippen molar-refractivity contribution >= 4 is 73.1 Å². The standard InChI is InChI=1S/C27H24BrIN2O3S/c1-3-17-7-11-21(12-8-17)30-27-31-26(32)24(35-27)15-19-13-22(29)25(23(14-19)33-4-2)34-16-18-5-9-20(28)10-6-18/h5-15H,3-4,16H2,1-2H3,(H,30,31,32)/b24-15-. The van der Waals surface area contributed by atoms with Crippen molar-refractivity contribution in [3.63, 3.8) is 0 Å². The molecule has 0 atom stereocenters. The zero-order valence-electron chi connectivity index (χ0n) is 19.3. The molecule has 1 amide bonds. The van der Waals surface area contributed by atoms with Gasteiger partial charge in [0.25, 0.3) is 5.91 Å². The van der Waals surface area contributed by atoms with Gasteiger partial charge < -0.3 is 14.8 Å². The van der Waals surface area contributed by atoms with Crippen molar-refractivity contribution < 1.29 is 14.3 Å². The molecule has 1 heterocycles. The average Bonchev–Trinajstić information content (AvgIpc) is 3.18. The number of rotatable bonds is 8. The van der Waals surface area contributed by atoms with Gasteiger partial charge in [0.2, 0.25) is 0 Å². The lowest BCUT2D eigenvalue weighted by Gasteiger charge is -2.15. The van der Waals surface area contributed by atoms with Crippen molar-refractivity contribution in [2.45, 2.75) is 26.9 Å². The zero-order valence-corrected chi connectivity index (χ0v) is 23.9. The Bertz CT molecular complexity index is 1270. The van der Waals surface area contributed by atoms with Crippen LogP contribution >= 0.6 is 50.3 Å². The maximum absolute atomic E-state index is 12.6. The summed E-state index contributed by atoms with van der Waals surface area (Å²) < 4.78 is 13.9. The molecule has 0 spiro atoms. The van der Waals surface area contributed by atoms with Crippen LogP contribution < -0.4 is 14.8 Å². The van der Waals surface area contributed by atoms with Crippen molar-refractivity contribution in [1.29, 1.82) is 0 Å². The molecule has 0 aromatic heterocycles. The van der Waals surface area contributed by atoms with E-state index in [2.05, 4.69) is 67.9 Å². The van der Waals surface area contributed by atoms with Gasteiger partial charge in [-0.05, 0) is 107 Å². The lowest BCUT2D eigenvalue weighted by Crippen LogP contribution is -2.19. The van der Waals surface area contributed by atoms with Gasteiger partial charge in [0.15, 0.2) is 16.7 Å². The number of benzene rings is 3. The van der Waals surface area contributed by atoms with E-state index in [9.17, 15) is 4.79 Å². The molecule has 1 N–H and O–H groups in total. The summed E-state index contributed by atoms with van der Waals surface area (Å²) in [5.41, 5.74) is 3.99. The molecule has 0 aliphatic carbocycles. The first-order chi connectivity index (χ1) is 16.9. The van der Waals surface area contributed by atoms with Crippen molar-refractivity contribution in [3.05, 3.63) is 90.3 Å². The highest BCUT2D eigenvalue weighted by molar-refractivity contribution is 14.1. The summed E-state index contributed by atoms with van der Waals surface area (Å²) in [5.74, 6) is 1.18. The van der Waals surface area contributed by atoms with Gasteiger partial charge in [0.05, 0.1) is 20.8 Å². The lowest BCUT2D eigenvalue weighted by molar-refractivity contribution is -0.115. The fourth-order valence-electron chi connectivity index (χ4n) is 3.37. The quantitative estimate of drug-likeness (QED) is 0.201. The molecule has 35 heavy (non-hydrogen) atoms. The van der Waals surface area contributed by atoms with Gasteiger partial charge in [-0.1, -0.05) is 47.1 Å². The summed E-state index contributed by atoms with van der Waals surface area (Å²) in [6.45, 7) is 4.99. The largest absolute Gasteiger partial charge is 0.490 e. The number of hydrogen-bond acceptors (Lipinski definition) is 5. The first kappa shape index (κ1) is 25.8. The topological polar surface area (TPSA) is 59.9 Å². The van der Waals surface area contributed by atoms with E-state index < -0.39 is 0 Å². The number of hydrogen-bond donors (Lipinski definition) is 1. The maximum Gasteiger partial charge on any atom is 0.264 e. The molecule has 3 aromatic carbocycles. The monoisotopic (exact) mass is 662 g/mol. The third-order valence-corrected chi connectivity index (χ3v) is 7.39. The second-order valence-corrected chi connectivity index (χ2v) is 10.8. The second kappa shape index (κ2) is 12.1. The van der Waals surface area contributed by atoms with E-state index in [4.69, 9.17) is 9.47 Å². The number of aryl methyl sites for hydroxylation is 1. The Morgan fingerprint density at radius 1 is 1.03 bits per heavy atom. The van der Waals surface area contributed by atoms with Gasteiger partial charge in [0, 0.05) is 4.47 Å². The number of aliphatic imine (C=N–C) groups is 1. The smallest absolute Gasteiger partial charge is 0.264 e. The predicted molar refractivity (Wildman–Crippen MR) is 155 cm³/mol. The Hall–Kier alpha value is -2.30. The summed E-state index contributed by atoms with van der Waals surface area (Å²) >= 11 is 7.03. The molecule has 0 saturated carbocycles. The fourth-order valence-corrected chi connectivity index (χ4v) is 5.25. The molecule has 1 saturated heterocycles. The SMILES string of the molecule is CCOc1cc(/C=C2\SC(=Nc3ccc(CC)cc3)NC2=O)cc(I)c1OCc1ccc(Br)cc1. The highest BCUT2D eigenvalue weighted by atomic mass is 127. The van der Waals surface area contributed by atoms with E-state index in [1.54, 1.807) is 0 Å². The van der Waals surface area contributed by atoms with Crippen LogP contribution in [-0.2, 0) is 17.8 Å². The molecule has 1 fully saturated rings. The number of ether oxygens (including phenoxy) is 2. The number of carbonyl (C=O) groups excluding carboxylic acids is 1. The highest BCUT2D eigenvalue weighted by Gasteiger charge is 2.24. The molecule has 180 valence electrons. The van der Waals surface area contributed by atoms with Crippen LogP contribution in [0.5, 0.6) is 11.5 Å². The normalized spacial score (nSPS) is 15.5. The van der Waals surface area contributed by atoms with E-state index in [1.807, 2.05) is 61.5 Å². The Morgan fingerprint density at radius 2 is 1.74 bits per heavy atom. The number of thioether (sulfide) groups is 1. The summed E-state index contributed by atoms with van der Waals surface area (Å²) in [5, 5.41) is 3.42. The molecule has 8 heteroatoms. The first-order valence-electron chi connectivity index (χ1n) is 11.2. The van der Waals surface area contributed by atoms with Gasteiger partial charge in [-0.3, -0.25) is 4.79 Å². The predicted octanol–water partition coefficient (Wildman–Crippen LogP) is 7.49. The van der Waals surface area contributed by atoms with Gasteiger partial charge in [-0.15, -0.1) is 0 Å². The Kier molecular flexibility index (Phi) is 8.91. The molecule has 1 aliphatic rings. The molecular weight excluding hydrogens is 639 g/mol. The number of nitrogens with zero attached hydrogens (tertiary/aromatic N) is 1. The number of carbonyl (C=O) groups is 1. The van der Waals surface area contributed by atoms with Crippen LogP contribution in [0.2, 0.25) is 0 Å². The minimum atomic E-state index is -0.164. The van der Waals surface area contributed by atoms with Crippen LogP contribution in [0.4, 0.5) is 5.69 Å². The van der Waals surface area contributed by atoms with Gasteiger partial charge in [-0.25, -0.2) is 4.99 Å². The Labute approximate surface area is 231 Å². The Balaban J connectivity index is 1.53. The number of nitrogens with one attached hydrogen (secondary N) is 1. The lowest BCUT2D eigenvalue weighted by atomic mass is 10.1. The van der Waals surface area contributed by atoms with Crippen LogP contribution in [0.1, 0.15) is 30.5 Å².